The zero-order valence-corrected chi connectivity index (χ0v) is 17.1. The summed E-state index contributed by atoms with van der Waals surface area (Å²) < 4.78 is 1.77. The molecule has 3 heterocycles. The second-order valence-corrected chi connectivity index (χ2v) is 8.28. The Bertz CT molecular complexity index is 872. The number of benzene rings is 1. The number of nitrogens with zero attached hydrogens (tertiary/aromatic N) is 5. The van der Waals surface area contributed by atoms with E-state index in [0.29, 0.717) is 24.6 Å². The van der Waals surface area contributed by atoms with Crippen molar-refractivity contribution in [2.45, 2.75) is 45.6 Å². The number of rotatable bonds is 5. The van der Waals surface area contributed by atoms with E-state index in [1.807, 2.05) is 41.0 Å². The third-order valence-electron chi connectivity index (χ3n) is 6.07. The maximum Gasteiger partial charge on any atom is 0.276 e. The van der Waals surface area contributed by atoms with Gasteiger partial charge in [-0.1, -0.05) is 29.5 Å². The van der Waals surface area contributed by atoms with Gasteiger partial charge in [0.2, 0.25) is 5.91 Å². The van der Waals surface area contributed by atoms with Crippen LogP contribution in [0.5, 0.6) is 0 Å². The molecule has 0 saturated carbocycles. The Balaban J connectivity index is 1.33. The number of aromatic nitrogens is 3. The summed E-state index contributed by atoms with van der Waals surface area (Å²) in [7, 11) is 0. The predicted octanol–water partition coefficient (Wildman–Crippen LogP) is 2.30. The third-order valence-corrected chi connectivity index (χ3v) is 6.07. The van der Waals surface area contributed by atoms with Gasteiger partial charge in [0.25, 0.3) is 5.91 Å². The molecule has 2 saturated heterocycles. The minimum atomic E-state index is -0.0209. The van der Waals surface area contributed by atoms with Gasteiger partial charge < -0.3 is 9.80 Å². The topological polar surface area (TPSA) is 71.3 Å². The van der Waals surface area contributed by atoms with E-state index in [2.05, 4.69) is 10.3 Å². The quantitative estimate of drug-likeness (QED) is 0.779. The molecule has 154 valence electrons. The molecule has 2 aromatic rings. The van der Waals surface area contributed by atoms with Crippen LogP contribution in [0.1, 0.15) is 47.3 Å². The zero-order chi connectivity index (χ0) is 20.2. The van der Waals surface area contributed by atoms with Crippen molar-refractivity contribution in [1.82, 2.24) is 24.8 Å². The van der Waals surface area contributed by atoms with Gasteiger partial charge in [-0.15, -0.1) is 5.10 Å². The Kier molecular flexibility index (Phi) is 5.92. The Morgan fingerprint density at radius 3 is 2.62 bits per heavy atom. The van der Waals surface area contributed by atoms with Crippen molar-refractivity contribution in [1.29, 1.82) is 0 Å². The van der Waals surface area contributed by atoms with Crippen LogP contribution in [0.15, 0.2) is 30.5 Å². The Labute approximate surface area is 171 Å². The first-order valence-electron chi connectivity index (χ1n) is 10.6. The highest BCUT2D eigenvalue weighted by Crippen LogP contribution is 2.20. The fourth-order valence-corrected chi connectivity index (χ4v) is 4.36. The third kappa shape index (κ3) is 4.66. The number of piperidine rings is 1. The molecular formula is C22H29N5O2. The molecule has 0 unspecified atom stereocenters. The first-order chi connectivity index (χ1) is 14.1. The molecular weight excluding hydrogens is 366 g/mol. The molecule has 7 nitrogen and oxygen atoms in total. The summed E-state index contributed by atoms with van der Waals surface area (Å²) >= 11 is 0. The standard InChI is InChI=1S/C22H29N5O2/c1-17-7-2-3-9-19(17)13-21(28)26-12-6-8-18(14-26)15-27-16-20(23-24-27)22(29)25-10-4-5-11-25/h2-3,7,9,16,18H,4-6,8,10-15H2,1H3/t18-/m0/s1. The maximum absolute atomic E-state index is 12.8. The van der Waals surface area contributed by atoms with Crippen molar-refractivity contribution in [3.8, 4) is 0 Å². The lowest BCUT2D eigenvalue weighted by atomic mass is 9.97. The maximum atomic E-state index is 12.8. The minimum Gasteiger partial charge on any atom is -0.342 e. The van der Waals surface area contributed by atoms with Crippen LogP contribution >= 0.6 is 0 Å². The zero-order valence-electron chi connectivity index (χ0n) is 17.1. The number of carbonyl (C=O) groups is 2. The van der Waals surface area contributed by atoms with Crippen LogP contribution in [-0.4, -0.2) is 62.8 Å². The molecule has 0 spiro atoms. The average molecular weight is 396 g/mol. The fraction of sp³-hybridized carbons (Fsp3) is 0.545. The molecule has 0 bridgehead atoms. The molecule has 1 aromatic carbocycles. The van der Waals surface area contributed by atoms with Gasteiger partial charge in [0, 0.05) is 32.7 Å². The summed E-state index contributed by atoms with van der Waals surface area (Å²) in [5.41, 5.74) is 2.68. The van der Waals surface area contributed by atoms with E-state index in [1.54, 1.807) is 10.9 Å². The van der Waals surface area contributed by atoms with Crippen molar-refractivity contribution < 1.29 is 9.59 Å². The van der Waals surface area contributed by atoms with Crippen molar-refractivity contribution >= 4 is 11.8 Å². The molecule has 4 rings (SSSR count). The lowest BCUT2D eigenvalue weighted by Crippen LogP contribution is -2.42. The molecule has 1 aromatic heterocycles. The first kappa shape index (κ1) is 19.6. The lowest BCUT2D eigenvalue weighted by molar-refractivity contribution is -0.132. The van der Waals surface area contributed by atoms with Crippen LogP contribution in [0.4, 0.5) is 0 Å². The van der Waals surface area contributed by atoms with Crippen molar-refractivity contribution in [2.75, 3.05) is 26.2 Å². The SMILES string of the molecule is Cc1ccccc1CC(=O)N1CCC[C@H](Cn2cc(C(=O)N3CCCC3)nn2)C1. The Hall–Kier alpha value is -2.70. The summed E-state index contributed by atoms with van der Waals surface area (Å²) in [4.78, 5) is 29.1. The van der Waals surface area contributed by atoms with Gasteiger partial charge in [-0.2, -0.15) is 0 Å². The van der Waals surface area contributed by atoms with Gasteiger partial charge in [-0.05, 0) is 49.7 Å². The number of likely N-dealkylation sites (tertiary alicyclic amines) is 2. The predicted molar refractivity (Wildman–Crippen MR) is 109 cm³/mol. The van der Waals surface area contributed by atoms with Crippen LogP contribution < -0.4 is 0 Å². The molecule has 0 aliphatic carbocycles. The van der Waals surface area contributed by atoms with Crippen LogP contribution in [0.2, 0.25) is 0 Å². The van der Waals surface area contributed by atoms with Crippen molar-refractivity contribution in [3.05, 3.63) is 47.3 Å². The highest BCUT2D eigenvalue weighted by atomic mass is 16.2. The van der Waals surface area contributed by atoms with E-state index >= 15 is 0 Å². The second-order valence-electron chi connectivity index (χ2n) is 8.28. The summed E-state index contributed by atoms with van der Waals surface area (Å²) in [6.45, 7) is 5.91. The Morgan fingerprint density at radius 2 is 1.83 bits per heavy atom. The molecule has 2 aliphatic heterocycles. The normalized spacial score (nSPS) is 19.6. The van der Waals surface area contributed by atoms with E-state index in [0.717, 1.165) is 63.0 Å². The summed E-state index contributed by atoms with van der Waals surface area (Å²) in [6, 6.07) is 8.07. The van der Waals surface area contributed by atoms with Gasteiger partial charge in [0.15, 0.2) is 5.69 Å². The van der Waals surface area contributed by atoms with Gasteiger partial charge in [0.05, 0.1) is 12.6 Å². The smallest absolute Gasteiger partial charge is 0.276 e. The highest BCUT2D eigenvalue weighted by Gasteiger charge is 2.26. The van der Waals surface area contributed by atoms with Crippen LogP contribution in [0.3, 0.4) is 0 Å². The van der Waals surface area contributed by atoms with Crippen molar-refractivity contribution in [3.63, 3.8) is 0 Å². The van der Waals surface area contributed by atoms with Crippen LogP contribution in [0, 0.1) is 12.8 Å². The summed E-state index contributed by atoms with van der Waals surface area (Å²) in [5.74, 6) is 0.501. The van der Waals surface area contributed by atoms with E-state index in [4.69, 9.17) is 0 Å². The monoisotopic (exact) mass is 395 g/mol. The van der Waals surface area contributed by atoms with E-state index in [1.165, 1.54) is 0 Å². The number of hydrogen-bond donors (Lipinski definition) is 0. The molecule has 0 N–H and O–H groups in total. The van der Waals surface area contributed by atoms with Crippen LogP contribution in [0.25, 0.3) is 0 Å². The van der Waals surface area contributed by atoms with Gasteiger partial charge in [-0.25, -0.2) is 0 Å². The molecule has 2 amide bonds. The van der Waals surface area contributed by atoms with E-state index in [9.17, 15) is 9.59 Å². The van der Waals surface area contributed by atoms with Gasteiger partial charge >= 0.3 is 0 Å². The molecule has 0 radical (unpaired) electrons. The molecule has 1 atom stereocenters. The molecule has 2 aliphatic rings. The number of aryl methyl sites for hydroxylation is 1. The van der Waals surface area contributed by atoms with Gasteiger partial charge in [0.1, 0.15) is 0 Å². The minimum absolute atomic E-state index is 0.0209. The highest BCUT2D eigenvalue weighted by molar-refractivity contribution is 5.92. The first-order valence-corrected chi connectivity index (χ1v) is 10.6. The molecule has 29 heavy (non-hydrogen) atoms. The largest absolute Gasteiger partial charge is 0.342 e. The molecule has 7 heteroatoms. The summed E-state index contributed by atoms with van der Waals surface area (Å²) in [5, 5.41) is 8.25. The fourth-order valence-electron chi connectivity index (χ4n) is 4.36. The van der Waals surface area contributed by atoms with Crippen LogP contribution in [-0.2, 0) is 17.8 Å². The van der Waals surface area contributed by atoms with Crippen molar-refractivity contribution in [2.24, 2.45) is 5.92 Å². The molecule has 2 fully saturated rings. The van der Waals surface area contributed by atoms with Gasteiger partial charge in [-0.3, -0.25) is 14.3 Å². The Morgan fingerprint density at radius 1 is 1.07 bits per heavy atom. The van der Waals surface area contributed by atoms with E-state index < -0.39 is 0 Å². The average Bonchev–Trinajstić information content (AvgIpc) is 3.42. The second kappa shape index (κ2) is 8.76. The summed E-state index contributed by atoms with van der Waals surface area (Å²) in [6.07, 6.45) is 6.40. The number of amides is 2. The lowest BCUT2D eigenvalue weighted by Gasteiger charge is -2.33. The van der Waals surface area contributed by atoms with E-state index in [-0.39, 0.29) is 11.8 Å². The number of carbonyl (C=O) groups excluding carboxylic acids is 2. The number of hydrogen-bond acceptors (Lipinski definition) is 4.